The lowest BCUT2D eigenvalue weighted by atomic mass is 9.62. The van der Waals surface area contributed by atoms with Gasteiger partial charge in [0.2, 0.25) is 5.95 Å². The van der Waals surface area contributed by atoms with E-state index < -0.39 is 12.1 Å². The third-order valence-electron chi connectivity index (χ3n) is 7.53. The summed E-state index contributed by atoms with van der Waals surface area (Å²) in [6.45, 7) is 8.87. The van der Waals surface area contributed by atoms with Gasteiger partial charge in [0, 0.05) is 30.8 Å². The van der Waals surface area contributed by atoms with Gasteiger partial charge in [-0.3, -0.25) is 19.9 Å². The van der Waals surface area contributed by atoms with Crippen LogP contribution in [0.5, 0.6) is 5.75 Å². The maximum absolute atomic E-state index is 12.8. The molecule has 0 radical (unpaired) electrons. The van der Waals surface area contributed by atoms with E-state index in [1.165, 1.54) is 6.07 Å². The van der Waals surface area contributed by atoms with E-state index in [9.17, 15) is 19.2 Å². The van der Waals surface area contributed by atoms with Gasteiger partial charge in [0.25, 0.3) is 5.56 Å². The van der Waals surface area contributed by atoms with Crippen molar-refractivity contribution in [2.24, 2.45) is 10.8 Å². The summed E-state index contributed by atoms with van der Waals surface area (Å²) >= 11 is 0. The molecule has 1 aromatic carbocycles. The monoisotopic (exact) mass is 553 g/mol. The minimum atomic E-state index is -0.522. The highest BCUT2D eigenvalue weighted by atomic mass is 16.6. The number of rotatable bonds is 6. The number of amides is 3. The summed E-state index contributed by atoms with van der Waals surface area (Å²) in [5, 5.41) is 8.48. The Morgan fingerprint density at radius 2 is 1.88 bits per heavy atom. The van der Waals surface area contributed by atoms with Gasteiger partial charge >= 0.3 is 18.1 Å². The fourth-order valence-corrected chi connectivity index (χ4v) is 6.22. The molecule has 2 heterocycles. The molecule has 1 aliphatic heterocycles. The zero-order valence-electron chi connectivity index (χ0n) is 23.6. The third-order valence-corrected chi connectivity index (χ3v) is 7.53. The van der Waals surface area contributed by atoms with Gasteiger partial charge in [0.05, 0.1) is 6.61 Å². The number of aryl methyl sites for hydroxylation is 1. The number of carbonyl (C=O) groups excluding carboxylic acids is 3. The van der Waals surface area contributed by atoms with Crippen molar-refractivity contribution in [2.75, 3.05) is 18.5 Å². The smallest absolute Gasteiger partial charge is 0.412 e. The molecule has 40 heavy (non-hydrogen) atoms. The summed E-state index contributed by atoms with van der Waals surface area (Å²) in [7, 11) is 0. The molecule has 2 aromatic rings. The molecule has 1 aliphatic carbocycles. The fraction of sp³-hybridized carbons (Fsp3) is 0.552. The van der Waals surface area contributed by atoms with E-state index >= 15 is 0 Å². The Bertz CT molecular complexity index is 1290. The Morgan fingerprint density at radius 1 is 1.12 bits per heavy atom. The van der Waals surface area contributed by atoms with E-state index in [1.54, 1.807) is 19.1 Å². The lowest BCUT2D eigenvalue weighted by Gasteiger charge is -2.46. The number of ether oxygens (including phenoxy) is 2. The van der Waals surface area contributed by atoms with Gasteiger partial charge in [-0.15, -0.1) is 0 Å². The predicted octanol–water partition coefficient (Wildman–Crippen LogP) is 4.38. The normalized spacial score (nSPS) is 24.2. The van der Waals surface area contributed by atoms with Crippen LogP contribution in [0.2, 0.25) is 0 Å². The van der Waals surface area contributed by atoms with Crippen molar-refractivity contribution in [1.29, 1.82) is 0 Å². The molecule has 1 saturated carbocycles. The standard InChI is InChI=1S/C29H39N5O6/c1-18-13-23(35)33-25(31-18)34-26(37)30-17-29(4)15-21(14-28(2,3)16-29)32-27(38)40-22-8-5-19(6-9-22)20-7-10-24(36)39-12-11-20/h5-6,8-9,13,20-21H,7,10-12,14-17H2,1-4H3,(H,32,38)(H3,30,31,33,34,35,37). The Balaban J connectivity index is 1.30. The maximum Gasteiger partial charge on any atom is 0.412 e. The minimum absolute atomic E-state index is 0.0715. The molecule has 216 valence electrons. The van der Waals surface area contributed by atoms with Crippen LogP contribution in [-0.2, 0) is 9.53 Å². The van der Waals surface area contributed by atoms with Crippen molar-refractivity contribution in [1.82, 2.24) is 20.6 Å². The van der Waals surface area contributed by atoms with E-state index in [0.717, 1.165) is 31.2 Å². The number of carbonyl (C=O) groups is 3. The molecule has 3 atom stereocenters. The summed E-state index contributed by atoms with van der Waals surface area (Å²) in [6, 6.07) is 8.16. The van der Waals surface area contributed by atoms with Crippen molar-refractivity contribution >= 4 is 24.0 Å². The lowest BCUT2D eigenvalue weighted by molar-refractivity contribution is -0.142. The van der Waals surface area contributed by atoms with Crippen LogP contribution in [0, 0.1) is 17.8 Å². The van der Waals surface area contributed by atoms with Crippen LogP contribution >= 0.6 is 0 Å². The van der Waals surface area contributed by atoms with E-state index in [1.807, 2.05) is 12.1 Å². The average molecular weight is 554 g/mol. The molecule has 1 saturated heterocycles. The highest BCUT2D eigenvalue weighted by Crippen LogP contribution is 2.45. The highest BCUT2D eigenvalue weighted by Gasteiger charge is 2.42. The Morgan fingerprint density at radius 3 is 2.60 bits per heavy atom. The number of nitrogens with zero attached hydrogens (tertiary/aromatic N) is 1. The van der Waals surface area contributed by atoms with Gasteiger partial charge in [-0.25, -0.2) is 14.6 Å². The molecule has 2 aliphatic rings. The summed E-state index contributed by atoms with van der Waals surface area (Å²) in [4.78, 5) is 55.1. The number of aromatic nitrogens is 2. The topological polar surface area (TPSA) is 152 Å². The second-order valence-corrected chi connectivity index (χ2v) is 12.1. The molecule has 3 unspecified atom stereocenters. The number of urea groups is 1. The van der Waals surface area contributed by atoms with Crippen LogP contribution in [-0.4, -0.2) is 47.3 Å². The first-order chi connectivity index (χ1) is 18.9. The first-order valence-corrected chi connectivity index (χ1v) is 13.7. The Labute approximate surface area is 233 Å². The first kappa shape index (κ1) is 29.1. The maximum atomic E-state index is 12.8. The number of aromatic amines is 1. The SMILES string of the molecule is Cc1cc(=O)[nH]c(NC(=O)NCC2(C)CC(NC(=O)Oc3ccc(C4CCOC(=O)CC4)cc3)CC(C)(C)C2)n1. The number of anilines is 1. The highest BCUT2D eigenvalue weighted by molar-refractivity contribution is 5.87. The summed E-state index contributed by atoms with van der Waals surface area (Å²) in [5.41, 5.74) is 0.905. The van der Waals surface area contributed by atoms with Gasteiger partial charge < -0.3 is 20.1 Å². The summed E-state index contributed by atoms with van der Waals surface area (Å²) < 4.78 is 10.7. The van der Waals surface area contributed by atoms with Crippen molar-refractivity contribution in [3.8, 4) is 5.75 Å². The van der Waals surface area contributed by atoms with Gasteiger partial charge in [-0.05, 0) is 73.5 Å². The molecular formula is C29H39N5O6. The second kappa shape index (κ2) is 12.1. The number of hydrogen-bond donors (Lipinski definition) is 4. The minimum Gasteiger partial charge on any atom is -0.466 e. The second-order valence-electron chi connectivity index (χ2n) is 12.1. The predicted molar refractivity (Wildman–Crippen MR) is 149 cm³/mol. The lowest BCUT2D eigenvalue weighted by Crippen LogP contribution is -2.51. The molecule has 4 N–H and O–H groups in total. The zero-order chi connectivity index (χ0) is 28.9. The van der Waals surface area contributed by atoms with E-state index in [0.29, 0.717) is 37.4 Å². The van der Waals surface area contributed by atoms with Crippen LogP contribution in [0.3, 0.4) is 0 Å². The first-order valence-electron chi connectivity index (χ1n) is 13.7. The van der Waals surface area contributed by atoms with Gasteiger partial charge in [-0.2, -0.15) is 0 Å². The molecular weight excluding hydrogens is 514 g/mol. The summed E-state index contributed by atoms with van der Waals surface area (Å²) in [5.74, 6) is 0.617. The quantitative estimate of drug-likeness (QED) is 0.387. The van der Waals surface area contributed by atoms with Gasteiger partial charge in [0.15, 0.2) is 0 Å². The van der Waals surface area contributed by atoms with Crippen molar-refractivity contribution in [2.45, 2.75) is 78.2 Å². The molecule has 3 amide bonds. The number of nitrogens with one attached hydrogen (secondary N) is 4. The van der Waals surface area contributed by atoms with E-state index in [2.05, 4.69) is 46.7 Å². The number of H-pyrrole nitrogens is 1. The number of benzene rings is 1. The Kier molecular flexibility index (Phi) is 8.80. The van der Waals surface area contributed by atoms with Crippen LogP contribution in [0.4, 0.5) is 15.5 Å². The largest absolute Gasteiger partial charge is 0.466 e. The molecule has 0 bridgehead atoms. The zero-order valence-corrected chi connectivity index (χ0v) is 23.6. The van der Waals surface area contributed by atoms with Gasteiger partial charge in [0.1, 0.15) is 5.75 Å². The third kappa shape index (κ3) is 8.30. The number of hydrogen-bond acceptors (Lipinski definition) is 7. The fourth-order valence-electron chi connectivity index (χ4n) is 6.22. The number of esters is 1. The van der Waals surface area contributed by atoms with Crippen molar-refractivity contribution in [3.05, 3.63) is 51.9 Å². The van der Waals surface area contributed by atoms with Crippen LogP contribution in [0.1, 0.15) is 76.5 Å². The molecule has 0 spiro atoms. The van der Waals surface area contributed by atoms with Crippen molar-refractivity contribution in [3.63, 3.8) is 0 Å². The van der Waals surface area contributed by atoms with Crippen LogP contribution in [0.25, 0.3) is 0 Å². The molecule has 4 rings (SSSR count). The average Bonchev–Trinajstić information content (AvgIpc) is 3.06. The number of cyclic esters (lactones) is 1. The molecule has 1 aromatic heterocycles. The van der Waals surface area contributed by atoms with E-state index in [4.69, 9.17) is 9.47 Å². The molecule has 2 fully saturated rings. The van der Waals surface area contributed by atoms with E-state index in [-0.39, 0.29) is 40.3 Å². The summed E-state index contributed by atoms with van der Waals surface area (Å²) in [6.07, 6.45) is 3.70. The molecule has 11 nitrogen and oxygen atoms in total. The van der Waals surface area contributed by atoms with Gasteiger partial charge in [-0.1, -0.05) is 32.9 Å². The van der Waals surface area contributed by atoms with Crippen LogP contribution in [0.15, 0.2) is 35.1 Å². The van der Waals surface area contributed by atoms with Crippen LogP contribution < -0.4 is 26.2 Å². The molecule has 11 heteroatoms. The Hall–Kier alpha value is -3.89. The van der Waals surface area contributed by atoms with Crippen molar-refractivity contribution < 1.29 is 23.9 Å².